The Kier molecular flexibility index (Phi) is 2.43. The van der Waals surface area contributed by atoms with Crippen LogP contribution in [0.4, 0.5) is 0 Å². The normalized spacial score (nSPS) is 19.0. The summed E-state index contributed by atoms with van der Waals surface area (Å²) in [5, 5.41) is 9.54. The molecule has 0 fully saturated rings. The molecule has 1 aliphatic rings. The van der Waals surface area contributed by atoms with Crippen LogP contribution in [0, 0.1) is 0 Å². The zero-order valence-electron chi connectivity index (χ0n) is 8.87. The Labute approximate surface area is 97.1 Å². The van der Waals surface area contributed by atoms with E-state index in [1.54, 1.807) is 13.0 Å². The number of hydrogen-bond acceptors (Lipinski definition) is 3. The van der Waals surface area contributed by atoms with Gasteiger partial charge in [0, 0.05) is 18.3 Å². The van der Waals surface area contributed by atoms with Crippen LogP contribution in [0.1, 0.15) is 32.4 Å². The highest BCUT2D eigenvalue weighted by molar-refractivity contribution is 9.10. The summed E-state index contributed by atoms with van der Waals surface area (Å²) in [7, 11) is 0. The summed E-state index contributed by atoms with van der Waals surface area (Å²) in [6.45, 7) is 5.42. The summed E-state index contributed by atoms with van der Waals surface area (Å²) < 4.78 is 12.0. The predicted octanol–water partition coefficient (Wildman–Crippen LogP) is 3.01. The second-order valence-corrected chi connectivity index (χ2v) is 4.95. The van der Waals surface area contributed by atoms with E-state index in [1.165, 1.54) is 0 Å². The van der Waals surface area contributed by atoms with Gasteiger partial charge in [-0.3, -0.25) is 0 Å². The topological polar surface area (TPSA) is 38.7 Å². The van der Waals surface area contributed by atoms with Gasteiger partial charge in [0.1, 0.15) is 0 Å². The van der Waals surface area contributed by atoms with Crippen molar-refractivity contribution in [3.63, 3.8) is 0 Å². The Hall–Kier alpha value is -0.740. The van der Waals surface area contributed by atoms with Crippen molar-refractivity contribution >= 4 is 15.9 Å². The molecule has 1 aromatic carbocycles. The zero-order valence-corrected chi connectivity index (χ0v) is 10.5. The van der Waals surface area contributed by atoms with Crippen LogP contribution < -0.4 is 9.47 Å². The number of hydrogen-bond donors (Lipinski definition) is 1. The molecule has 0 bridgehead atoms. The molecule has 1 aliphatic heterocycles. The van der Waals surface area contributed by atoms with E-state index >= 15 is 0 Å². The largest absolute Gasteiger partial charge is 0.449 e. The Morgan fingerprint density at radius 1 is 1.27 bits per heavy atom. The molecule has 0 saturated carbocycles. The molecular weight excluding hydrogens is 260 g/mol. The van der Waals surface area contributed by atoms with Gasteiger partial charge in [-0.25, -0.2) is 0 Å². The highest BCUT2D eigenvalue weighted by atomic mass is 79.9. The van der Waals surface area contributed by atoms with E-state index in [0.717, 1.165) is 10.0 Å². The SMILES string of the molecule is CC(O)c1cc2c(cc1Br)OC(C)(C)O2. The van der Waals surface area contributed by atoms with E-state index in [1.807, 2.05) is 19.9 Å². The number of aliphatic hydroxyl groups excluding tert-OH is 1. The van der Waals surface area contributed by atoms with Crippen LogP contribution in [-0.2, 0) is 0 Å². The average Bonchev–Trinajstić information content (AvgIpc) is 2.36. The average molecular weight is 273 g/mol. The van der Waals surface area contributed by atoms with Crippen LogP contribution in [0.25, 0.3) is 0 Å². The number of fused-ring (bicyclic) bond motifs is 1. The van der Waals surface area contributed by atoms with E-state index in [2.05, 4.69) is 15.9 Å². The number of halogens is 1. The summed E-state index contributed by atoms with van der Waals surface area (Å²) >= 11 is 3.39. The van der Waals surface area contributed by atoms with E-state index in [0.29, 0.717) is 11.5 Å². The van der Waals surface area contributed by atoms with Crippen molar-refractivity contribution in [1.29, 1.82) is 0 Å². The zero-order chi connectivity index (χ0) is 11.2. The number of ether oxygens (including phenoxy) is 2. The van der Waals surface area contributed by atoms with Gasteiger partial charge in [-0.1, -0.05) is 15.9 Å². The Morgan fingerprint density at radius 2 is 1.80 bits per heavy atom. The maximum Gasteiger partial charge on any atom is 0.246 e. The van der Waals surface area contributed by atoms with E-state index in [4.69, 9.17) is 9.47 Å². The van der Waals surface area contributed by atoms with E-state index in [-0.39, 0.29) is 0 Å². The van der Waals surface area contributed by atoms with Crippen LogP contribution in [0.3, 0.4) is 0 Å². The van der Waals surface area contributed by atoms with Crippen LogP contribution in [-0.4, -0.2) is 10.9 Å². The van der Waals surface area contributed by atoms with Gasteiger partial charge < -0.3 is 14.6 Å². The highest BCUT2D eigenvalue weighted by Crippen LogP contribution is 2.43. The smallest absolute Gasteiger partial charge is 0.246 e. The Balaban J connectivity index is 2.45. The molecule has 1 atom stereocenters. The third kappa shape index (κ3) is 1.96. The predicted molar refractivity (Wildman–Crippen MR) is 60.1 cm³/mol. The summed E-state index contributed by atoms with van der Waals surface area (Å²) in [5.41, 5.74) is 0.801. The standard InChI is InChI=1S/C11H13BrO3/c1-6(13)7-4-9-10(5-8(7)12)15-11(2,3)14-9/h4-6,13H,1-3H3. The van der Waals surface area contributed by atoms with Crippen LogP contribution in [0.15, 0.2) is 16.6 Å². The first-order chi connectivity index (χ1) is 6.89. The fraction of sp³-hybridized carbons (Fsp3) is 0.455. The maximum atomic E-state index is 9.54. The van der Waals surface area contributed by atoms with Crippen LogP contribution >= 0.6 is 15.9 Å². The first-order valence-electron chi connectivity index (χ1n) is 4.78. The second kappa shape index (κ2) is 3.39. The van der Waals surface area contributed by atoms with Crippen molar-refractivity contribution in [3.8, 4) is 11.5 Å². The molecule has 0 spiro atoms. The van der Waals surface area contributed by atoms with Crippen LogP contribution in [0.2, 0.25) is 0 Å². The third-order valence-corrected chi connectivity index (χ3v) is 2.91. The van der Waals surface area contributed by atoms with E-state index < -0.39 is 11.9 Å². The molecule has 1 aromatic rings. The molecule has 1 heterocycles. The molecule has 0 aliphatic carbocycles. The van der Waals surface area contributed by atoms with Crippen molar-refractivity contribution in [2.24, 2.45) is 0 Å². The van der Waals surface area contributed by atoms with E-state index in [9.17, 15) is 5.11 Å². The molecule has 3 nitrogen and oxygen atoms in total. The first-order valence-corrected chi connectivity index (χ1v) is 5.58. The van der Waals surface area contributed by atoms with Crippen molar-refractivity contribution in [2.45, 2.75) is 32.7 Å². The quantitative estimate of drug-likeness (QED) is 0.854. The lowest BCUT2D eigenvalue weighted by Crippen LogP contribution is -2.29. The molecule has 1 N–H and O–H groups in total. The minimum absolute atomic E-state index is 0.531. The van der Waals surface area contributed by atoms with Crippen LogP contribution in [0.5, 0.6) is 11.5 Å². The molecule has 1 unspecified atom stereocenters. The number of benzene rings is 1. The fourth-order valence-corrected chi connectivity index (χ4v) is 2.23. The molecular formula is C11H13BrO3. The monoisotopic (exact) mass is 272 g/mol. The molecule has 2 rings (SSSR count). The van der Waals surface area contributed by atoms with Gasteiger partial charge in [-0.05, 0) is 24.6 Å². The number of aliphatic hydroxyl groups is 1. The lowest BCUT2D eigenvalue weighted by atomic mass is 10.1. The molecule has 0 saturated heterocycles. The lowest BCUT2D eigenvalue weighted by Gasteiger charge is -2.16. The summed E-state index contributed by atoms with van der Waals surface area (Å²) in [6.07, 6.45) is -0.531. The second-order valence-electron chi connectivity index (χ2n) is 4.10. The van der Waals surface area contributed by atoms with Gasteiger partial charge in [-0.2, -0.15) is 0 Å². The maximum absolute atomic E-state index is 9.54. The van der Waals surface area contributed by atoms with Crippen molar-refractivity contribution in [2.75, 3.05) is 0 Å². The molecule has 0 aromatic heterocycles. The minimum Gasteiger partial charge on any atom is -0.449 e. The van der Waals surface area contributed by atoms with Gasteiger partial charge >= 0.3 is 0 Å². The Morgan fingerprint density at radius 3 is 2.33 bits per heavy atom. The van der Waals surface area contributed by atoms with Crippen molar-refractivity contribution in [1.82, 2.24) is 0 Å². The minimum atomic E-state index is -0.626. The Bertz CT molecular complexity index is 399. The highest BCUT2D eigenvalue weighted by Gasteiger charge is 2.32. The summed E-state index contributed by atoms with van der Waals surface area (Å²) in [6, 6.07) is 3.63. The fourth-order valence-electron chi connectivity index (χ4n) is 1.58. The molecule has 15 heavy (non-hydrogen) atoms. The third-order valence-electron chi connectivity index (χ3n) is 2.22. The molecule has 0 amide bonds. The van der Waals surface area contributed by atoms with Crippen molar-refractivity contribution in [3.05, 3.63) is 22.2 Å². The lowest BCUT2D eigenvalue weighted by molar-refractivity contribution is -0.0432. The molecule has 4 heteroatoms. The van der Waals surface area contributed by atoms with Gasteiger partial charge in [0.15, 0.2) is 11.5 Å². The summed E-state index contributed by atoms with van der Waals surface area (Å²) in [5.74, 6) is 0.759. The molecule has 0 radical (unpaired) electrons. The summed E-state index contributed by atoms with van der Waals surface area (Å²) in [4.78, 5) is 0. The van der Waals surface area contributed by atoms with Gasteiger partial charge in [-0.15, -0.1) is 0 Å². The van der Waals surface area contributed by atoms with Gasteiger partial charge in [0.25, 0.3) is 0 Å². The van der Waals surface area contributed by atoms with Crippen molar-refractivity contribution < 1.29 is 14.6 Å². The first kappa shape index (κ1) is 10.8. The number of rotatable bonds is 1. The van der Waals surface area contributed by atoms with Gasteiger partial charge in [0.2, 0.25) is 5.79 Å². The van der Waals surface area contributed by atoms with Gasteiger partial charge in [0.05, 0.1) is 6.10 Å². The molecule has 82 valence electrons.